The first-order valence-electron chi connectivity index (χ1n) is 5.79. The molecule has 15 heavy (non-hydrogen) atoms. The molecule has 0 atom stereocenters. The topological polar surface area (TPSA) is 30.9 Å². The maximum atomic E-state index is 5.75. The highest BCUT2D eigenvalue weighted by Crippen LogP contribution is 2.14. The average Bonchev–Trinajstić information content (AvgIpc) is 2.19. The molecule has 0 bridgehead atoms. The van der Waals surface area contributed by atoms with Crippen LogP contribution in [0.2, 0.25) is 0 Å². The third-order valence-electron chi connectivity index (χ3n) is 2.01. The molecule has 0 aliphatic rings. The molecular weight excluding hydrogens is 210 g/mol. The Hall–Kier alpha value is 0.0569. The Morgan fingerprint density at radius 1 is 0.867 bits per heavy atom. The summed E-state index contributed by atoms with van der Waals surface area (Å²) in [6.45, 7) is 10.9. The van der Waals surface area contributed by atoms with Gasteiger partial charge < -0.3 is 13.3 Å². The molecule has 0 amide bonds. The Labute approximate surface area is 95.0 Å². The van der Waals surface area contributed by atoms with Crippen LogP contribution in [0, 0.1) is 0 Å². The van der Waals surface area contributed by atoms with Crippen LogP contribution in [-0.2, 0) is 13.3 Å². The van der Waals surface area contributed by atoms with Crippen molar-refractivity contribution in [3.63, 3.8) is 0 Å². The van der Waals surface area contributed by atoms with E-state index in [-0.39, 0.29) is 0 Å². The summed E-state index contributed by atoms with van der Waals surface area (Å²) in [4.78, 5) is 0. The average molecular weight is 235 g/mol. The Balaban J connectivity index is 4.57. The Kier molecular flexibility index (Phi) is 8.27. The molecule has 0 saturated heterocycles. The highest BCUT2D eigenvalue weighted by molar-refractivity contribution is 6.57. The van der Waals surface area contributed by atoms with Crippen molar-refractivity contribution in [2.45, 2.75) is 34.1 Å². The zero-order valence-electron chi connectivity index (χ0n) is 10.7. The van der Waals surface area contributed by atoms with Crippen molar-refractivity contribution < 1.29 is 13.3 Å². The SMILES string of the molecule is CCCN(C)[Si](OCC)(OCC)OCC. The molecule has 0 aromatic rings. The lowest BCUT2D eigenvalue weighted by Gasteiger charge is -2.34. The molecule has 0 aromatic heterocycles. The maximum absolute atomic E-state index is 5.75. The largest absolute Gasteiger partial charge is 0.599 e. The maximum Gasteiger partial charge on any atom is 0.599 e. The monoisotopic (exact) mass is 235 g/mol. The molecule has 0 N–H and O–H groups in total. The van der Waals surface area contributed by atoms with Crippen LogP contribution in [0.15, 0.2) is 0 Å². The van der Waals surface area contributed by atoms with Crippen LogP contribution < -0.4 is 0 Å². The predicted octanol–water partition coefficient (Wildman–Crippen LogP) is 1.87. The van der Waals surface area contributed by atoms with Crippen LogP contribution in [0.5, 0.6) is 0 Å². The van der Waals surface area contributed by atoms with Gasteiger partial charge in [-0.2, -0.15) is 0 Å². The summed E-state index contributed by atoms with van der Waals surface area (Å²) < 4.78 is 19.3. The van der Waals surface area contributed by atoms with Gasteiger partial charge in [-0.05, 0) is 40.8 Å². The molecule has 0 spiro atoms. The molecule has 0 saturated carbocycles. The molecule has 0 unspecified atom stereocenters. The van der Waals surface area contributed by atoms with E-state index in [1.165, 1.54) is 0 Å². The fourth-order valence-electron chi connectivity index (χ4n) is 1.48. The van der Waals surface area contributed by atoms with Crippen LogP contribution in [-0.4, -0.2) is 46.9 Å². The highest BCUT2D eigenvalue weighted by Gasteiger charge is 2.46. The summed E-state index contributed by atoms with van der Waals surface area (Å²) in [5, 5.41) is 0. The van der Waals surface area contributed by atoms with Gasteiger partial charge in [-0.3, -0.25) is 4.57 Å². The van der Waals surface area contributed by atoms with E-state index < -0.39 is 8.97 Å². The van der Waals surface area contributed by atoms with Gasteiger partial charge in [-0.1, -0.05) is 6.92 Å². The van der Waals surface area contributed by atoms with Gasteiger partial charge in [0.25, 0.3) is 0 Å². The summed E-state index contributed by atoms with van der Waals surface area (Å²) in [5.74, 6) is 0. The second-order valence-electron chi connectivity index (χ2n) is 3.24. The van der Waals surface area contributed by atoms with Crippen LogP contribution in [0.1, 0.15) is 34.1 Å². The number of nitrogens with zero attached hydrogens (tertiary/aromatic N) is 1. The third kappa shape index (κ3) is 4.61. The fraction of sp³-hybridized carbons (Fsp3) is 1.00. The molecule has 0 aliphatic heterocycles. The number of hydrogen-bond acceptors (Lipinski definition) is 4. The van der Waals surface area contributed by atoms with Gasteiger partial charge in [0.1, 0.15) is 0 Å². The van der Waals surface area contributed by atoms with Crippen LogP contribution in [0.4, 0.5) is 0 Å². The van der Waals surface area contributed by atoms with E-state index in [0.717, 1.165) is 13.0 Å². The Bertz CT molecular complexity index is 141. The molecular formula is C10H25NO3Si. The molecule has 4 nitrogen and oxygen atoms in total. The van der Waals surface area contributed by atoms with E-state index in [1.54, 1.807) is 0 Å². The molecule has 0 aliphatic carbocycles. The van der Waals surface area contributed by atoms with Gasteiger partial charge in [-0.15, -0.1) is 0 Å². The minimum absolute atomic E-state index is 0.625. The van der Waals surface area contributed by atoms with Gasteiger partial charge in [0, 0.05) is 19.8 Å². The summed E-state index contributed by atoms with van der Waals surface area (Å²) in [6.07, 6.45) is 1.07. The first-order chi connectivity index (χ1) is 7.16. The Morgan fingerprint density at radius 3 is 1.53 bits per heavy atom. The van der Waals surface area contributed by atoms with Gasteiger partial charge >= 0.3 is 8.97 Å². The lowest BCUT2D eigenvalue weighted by molar-refractivity contribution is 0.0237. The second-order valence-corrected chi connectivity index (χ2v) is 5.92. The third-order valence-corrected chi connectivity index (χ3v) is 5.13. The molecule has 0 aromatic carbocycles. The van der Waals surface area contributed by atoms with Crippen molar-refractivity contribution in [2.24, 2.45) is 0 Å². The minimum Gasteiger partial charge on any atom is -0.361 e. The van der Waals surface area contributed by atoms with Gasteiger partial charge in [0.05, 0.1) is 0 Å². The quantitative estimate of drug-likeness (QED) is 0.571. The minimum atomic E-state index is -2.59. The molecule has 0 radical (unpaired) electrons. The highest BCUT2D eigenvalue weighted by atomic mass is 28.4. The van der Waals surface area contributed by atoms with E-state index in [2.05, 4.69) is 11.5 Å². The zero-order valence-corrected chi connectivity index (χ0v) is 11.7. The van der Waals surface area contributed by atoms with Crippen molar-refractivity contribution in [2.75, 3.05) is 33.4 Å². The lowest BCUT2D eigenvalue weighted by Crippen LogP contribution is -2.59. The molecule has 92 valence electrons. The van der Waals surface area contributed by atoms with Crippen molar-refractivity contribution in [3.05, 3.63) is 0 Å². The van der Waals surface area contributed by atoms with E-state index in [4.69, 9.17) is 13.3 Å². The smallest absolute Gasteiger partial charge is 0.361 e. The standard InChI is InChI=1S/C10H25NO3Si/c1-6-10-11(5)15(12-7-2,13-8-3)14-9-4/h6-10H2,1-5H3. The molecule has 5 heteroatoms. The van der Waals surface area contributed by atoms with Crippen LogP contribution >= 0.6 is 0 Å². The summed E-state index contributed by atoms with van der Waals surface area (Å²) in [7, 11) is -0.576. The van der Waals surface area contributed by atoms with Crippen molar-refractivity contribution in [1.29, 1.82) is 0 Å². The predicted molar refractivity (Wildman–Crippen MR) is 63.6 cm³/mol. The van der Waals surface area contributed by atoms with Gasteiger partial charge in [0.2, 0.25) is 0 Å². The number of rotatable bonds is 9. The summed E-state index contributed by atoms with van der Waals surface area (Å²) in [5.41, 5.74) is 0. The first kappa shape index (κ1) is 15.1. The normalized spacial score (nSPS) is 12.4. The second kappa shape index (κ2) is 8.24. The zero-order chi connectivity index (χ0) is 11.7. The van der Waals surface area contributed by atoms with E-state index in [1.807, 2.05) is 27.8 Å². The number of hydrogen-bond donors (Lipinski definition) is 0. The van der Waals surface area contributed by atoms with Crippen molar-refractivity contribution in [1.82, 2.24) is 4.57 Å². The fourth-order valence-corrected chi connectivity index (χ4v) is 3.98. The van der Waals surface area contributed by atoms with Crippen molar-refractivity contribution >= 4 is 8.97 Å². The molecule has 0 fully saturated rings. The van der Waals surface area contributed by atoms with E-state index in [9.17, 15) is 0 Å². The Morgan fingerprint density at radius 2 is 1.27 bits per heavy atom. The summed E-state index contributed by atoms with van der Waals surface area (Å²) in [6, 6.07) is 0. The van der Waals surface area contributed by atoms with Crippen LogP contribution in [0.25, 0.3) is 0 Å². The summed E-state index contributed by atoms with van der Waals surface area (Å²) >= 11 is 0. The van der Waals surface area contributed by atoms with E-state index >= 15 is 0 Å². The molecule has 0 rings (SSSR count). The first-order valence-corrected chi connectivity index (χ1v) is 7.47. The van der Waals surface area contributed by atoms with E-state index in [0.29, 0.717) is 19.8 Å². The lowest BCUT2D eigenvalue weighted by atomic mass is 10.5. The van der Waals surface area contributed by atoms with Gasteiger partial charge in [0.15, 0.2) is 0 Å². The van der Waals surface area contributed by atoms with Crippen LogP contribution in [0.3, 0.4) is 0 Å². The van der Waals surface area contributed by atoms with Crippen molar-refractivity contribution in [3.8, 4) is 0 Å². The van der Waals surface area contributed by atoms with Gasteiger partial charge in [-0.25, -0.2) is 0 Å². The molecule has 0 heterocycles.